The van der Waals surface area contributed by atoms with Crippen molar-refractivity contribution in [1.82, 2.24) is 10.2 Å². The van der Waals surface area contributed by atoms with E-state index in [1.165, 1.54) is 12.8 Å². The lowest BCUT2D eigenvalue weighted by atomic mass is 9.92. The molecule has 0 aromatic heterocycles. The fourth-order valence-corrected chi connectivity index (χ4v) is 3.02. The molecule has 1 heterocycles. The Bertz CT molecular complexity index is 468. The summed E-state index contributed by atoms with van der Waals surface area (Å²) in [6.07, 6.45) is 3.66. The molecular weight excluding hydrogens is 333 g/mol. The van der Waals surface area contributed by atoms with Crippen molar-refractivity contribution in [2.45, 2.75) is 44.7 Å². The molecule has 1 amide bonds. The molecule has 6 heteroatoms. The molecule has 132 valence electrons. The maximum atomic E-state index is 12.4. The Labute approximate surface area is 152 Å². The van der Waals surface area contributed by atoms with Crippen LogP contribution in [0.5, 0.6) is 0 Å². The Balaban J connectivity index is 0.00000242. The SMILES string of the molecule is CCN1CCCCC1CNC(=O)C(C)(N)c1ccccc1.Cl.Cl. The molecule has 1 aromatic rings. The molecule has 1 aromatic carbocycles. The highest BCUT2D eigenvalue weighted by molar-refractivity contribution is 5.87. The second-order valence-corrected chi connectivity index (χ2v) is 6.06. The average molecular weight is 362 g/mol. The second kappa shape index (κ2) is 10.1. The molecule has 1 saturated heterocycles. The van der Waals surface area contributed by atoms with Gasteiger partial charge in [-0.1, -0.05) is 43.7 Å². The Morgan fingerprint density at radius 3 is 2.57 bits per heavy atom. The Kier molecular flexibility index (Phi) is 9.78. The molecule has 0 radical (unpaired) electrons. The molecule has 1 aliphatic rings. The average Bonchev–Trinajstić information content (AvgIpc) is 2.53. The van der Waals surface area contributed by atoms with E-state index < -0.39 is 5.54 Å². The molecule has 0 saturated carbocycles. The predicted molar refractivity (Wildman–Crippen MR) is 100 cm³/mol. The number of rotatable bonds is 5. The Morgan fingerprint density at radius 1 is 1.30 bits per heavy atom. The topological polar surface area (TPSA) is 58.4 Å². The van der Waals surface area contributed by atoms with Crippen LogP contribution in [-0.2, 0) is 10.3 Å². The van der Waals surface area contributed by atoms with Crippen molar-refractivity contribution in [2.75, 3.05) is 19.6 Å². The first-order valence-corrected chi connectivity index (χ1v) is 7.92. The number of benzene rings is 1. The number of amides is 1. The second-order valence-electron chi connectivity index (χ2n) is 6.06. The molecule has 0 aliphatic carbocycles. The minimum Gasteiger partial charge on any atom is -0.353 e. The number of piperidine rings is 1. The summed E-state index contributed by atoms with van der Waals surface area (Å²) in [5, 5.41) is 3.05. The van der Waals surface area contributed by atoms with E-state index in [9.17, 15) is 4.79 Å². The molecule has 1 aliphatic heterocycles. The standard InChI is InChI=1S/C17H27N3O.2ClH/c1-3-20-12-8-7-11-15(20)13-19-16(21)17(2,18)14-9-5-4-6-10-14;;/h4-6,9-10,15H,3,7-8,11-13,18H2,1-2H3,(H,19,21);2*1H. The van der Waals surface area contributed by atoms with Crippen molar-refractivity contribution in [1.29, 1.82) is 0 Å². The zero-order valence-electron chi connectivity index (χ0n) is 14.0. The minimum absolute atomic E-state index is 0. The van der Waals surface area contributed by atoms with Crippen LogP contribution in [0.4, 0.5) is 0 Å². The molecular formula is C17H29Cl2N3O. The number of likely N-dealkylation sites (tertiary alicyclic amines) is 1. The number of carbonyl (C=O) groups excluding carboxylic acids is 1. The summed E-state index contributed by atoms with van der Waals surface area (Å²) in [6.45, 7) is 6.81. The van der Waals surface area contributed by atoms with Crippen LogP contribution >= 0.6 is 24.8 Å². The smallest absolute Gasteiger partial charge is 0.244 e. The van der Waals surface area contributed by atoms with Crippen LogP contribution in [-0.4, -0.2) is 36.5 Å². The Morgan fingerprint density at radius 2 is 1.96 bits per heavy atom. The number of nitrogens with zero attached hydrogens (tertiary/aromatic N) is 1. The van der Waals surface area contributed by atoms with Gasteiger partial charge in [-0.3, -0.25) is 9.69 Å². The van der Waals surface area contributed by atoms with E-state index in [1.54, 1.807) is 6.92 Å². The van der Waals surface area contributed by atoms with Gasteiger partial charge >= 0.3 is 0 Å². The first kappa shape index (κ1) is 22.2. The van der Waals surface area contributed by atoms with Crippen molar-refractivity contribution in [3.05, 3.63) is 35.9 Å². The van der Waals surface area contributed by atoms with Gasteiger partial charge in [0.1, 0.15) is 5.54 Å². The summed E-state index contributed by atoms with van der Waals surface area (Å²) >= 11 is 0. The van der Waals surface area contributed by atoms with Gasteiger partial charge in [0.25, 0.3) is 0 Å². The summed E-state index contributed by atoms with van der Waals surface area (Å²) < 4.78 is 0. The fraction of sp³-hybridized carbons (Fsp3) is 0.588. The highest BCUT2D eigenvalue weighted by Crippen LogP contribution is 2.19. The normalized spacial score (nSPS) is 20.6. The lowest BCUT2D eigenvalue weighted by Crippen LogP contribution is -2.53. The zero-order chi connectivity index (χ0) is 15.3. The highest BCUT2D eigenvalue weighted by Gasteiger charge is 2.31. The number of hydrogen-bond acceptors (Lipinski definition) is 3. The minimum atomic E-state index is -0.979. The van der Waals surface area contributed by atoms with Gasteiger partial charge < -0.3 is 11.1 Å². The van der Waals surface area contributed by atoms with Crippen molar-refractivity contribution in [3.63, 3.8) is 0 Å². The van der Waals surface area contributed by atoms with E-state index in [-0.39, 0.29) is 30.7 Å². The van der Waals surface area contributed by atoms with Gasteiger partial charge in [-0.05, 0) is 38.4 Å². The Hall–Kier alpha value is -0.810. The van der Waals surface area contributed by atoms with Crippen LogP contribution in [0.1, 0.15) is 38.7 Å². The first-order valence-electron chi connectivity index (χ1n) is 7.92. The molecule has 2 rings (SSSR count). The van der Waals surface area contributed by atoms with Crippen LogP contribution in [0.2, 0.25) is 0 Å². The summed E-state index contributed by atoms with van der Waals surface area (Å²) in [6, 6.07) is 10.00. The maximum Gasteiger partial charge on any atom is 0.244 e. The number of carbonyl (C=O) groups is 1. The summed E-state index contributed by atoms with van der Waals surface area (Å²) in [5.74, 6) is -0.102. The van der Waals surface area contributed by atoms with E-state index in [1.807, 2.05) is 30.3 Å². The van der Waals surface area contributed by atoms with Crippen molar-refractivity contribution in [2.24, 2.45) is 5.73 Å². The first-order chi connectivity index (χ1) is 10.1. The molecule has 3 N–H and O–H groups in total. The number of nitrogens with one attached hydrogen (secondary N) is 1. The lowest BCUT2D eigenvalue weighted by Gasteiger charge is -2.35. The monoisotopic (exact) mass is 361 g/mol. The summed E-state index contributed by atoms with van der Waals surface area (Å²) in [4.78, 5) is 14.9. The van der Waals surface area contributed by atoms with Gasteiger partial charge in [0, 0.05) is 12.6 Å². The maximum absolute atomic E-state index is 12.4. The van der Waals surface area contributed by atoms with E-state index in [0.29, 0.717) is 12.6 Å². The zero-order valence-corrected chi connectivity index (χ0v) is 15.6. The number of likely N-dealkylation sites (N-methyl/N-ethyl adjacent to an activating group) is 1. The van der Waals surface area contributed by atoms with E-state index in [4.69, 9.17) is 5.73 Å². The molecule has 0 bridgehead atoms. The van der Waals surface area contributed by atoms with Gasteiger partial charge in [-0.15, -0.1) is 24.8 Å². The van der Waals surface area contributed by atoms with Gasteiger partial charge in [-0.2, -0.15) is 0 Å². The van der Waals surface area contributed by atoms with Crippen molar-refractivity contribution >= 4 is 30.7 Å². The molecule has 0 spiro atoms. The van der Waals surface area contributed by atoms with E-state index in [0.717, 1.165) is 25.1 Å². The number of halogens is 2. The summed E-state index contributed by atoms with van der Waals surface area (Å²) in [7, 11) is 0. The van der Waals surface area contributed by atoms with Gasteiger partial charge in [0.2, 0.25) is 5.91 Å². The molecule has 4 nitrogen and oxygen atoms in total. The fourth-order valence-electron chi connectivity index (χ4n) is 3.02. The number of hydrogen-bond donors (Lipinski definition) is 2. The van der Waals surface area contributed by atoms with Crippen LogP contribution in [0, 0.1) is 0 Å². The third kappa shape index (κ3) is 5.64. The van der Waals surface area contributed by atoms with Gasteiger partial charge in [0.15, 0.2) is 0 Å². The number of nitrogens with two attached hydrogens (primary N) is 1. The quantitative estimate of drug-likeness (QED) is 0.847. The molecule has 23 heavy (non-hydrogen) atoms. The third-order valence-corrected chi connectivity index (χ3v) is 4.50. The third-order valence-electron chi connectivity index (χ3n) is 4.50. The molecule has 2 unspecified atom stereocenters. The molecule has 1 fully saturated rings. The summed E-state index contributed by atoms with van der Waals surface area (Å²) in [5.41, 5.74) is 6.11. The van der Waals surface area contributed by atoms with E-state index in [2.05, 4.69) is 17.1 Å². The highest BCUT2D eigenvalue weighted by atomic mass is 35.5. The largest absolute Gasteiger partial charge is 0.353 e. The lowest BCUT2D eigenvalue weighted by molar-refractivity contribution is -0.126. The molecule has 2 atom stereocenters. The van der Waals surface area contributed by atoms with Gasteiger partial charge in [0.05, 0.1) is 0 Å². The van der Waals surface area contributed by atoms with Crippen LogP contribution in [0.25, 0.3) is 0 Å². The van der Waals surface area contributed by atoms with E-state index >= 15 is 0 Å². The van der Waals surface area contributed by atoms with Crippen molar-refractivity contribution in [3.8, 4) is 0 Å². The van der Waals surface area contributed by atoms with Gasteiger partial charge in [-0.25, -0.2) is 0 Å². The predicted octanol–water partition coefficient (Wildman–Crippen LogP) is 2.69. The van der Waals surface area contributed by atoms with Crippen LogP contribution < -0.4 is 11.1 Å². The van der Waals surface area contributed by atoms with Crippen LogP contribution in [0.3, 0.4) is 0 Å². The van der Waals surface area contributed by atoms with Crippen LogP contribution in [0.15, 0.2) is 30.3 Å². The van der Waals surface area contributed by atoms with Crippen molar-refractivity contribution < 1.29 is 4.79 Å².